The molecule has 0 saturated carbocycles. The Kier molecular flexibility index (Phi) is 4.06. The number of benzene rings is 1. The van der Waals surface area contributed by atoms with E-state index in [0.29, 0.717) is 11.6 Å². The van der Waals surface area contributed by atoms with Gasteiger partial charge in [-0.15, -0.1) is 0 Å². The van der Waals surface area contributed by atoms with Crippen LogP contribution >= 0.6 is 11.6 Å². The molecule has 0 aliphatic carbocycles. The van der Waals surface area contributed by atoms with E-state index in [1.165, 1.54) is 0 Å². The fourth-order valence-electron chi connectivity index (χ4n) is 1.12. The number of hydrogen-bond acceptors (Lipinski definition) is 2. The summed E-state index contributed by atoms with van der Waals surface area (Å²) in [6.45, 7) is 2.40. The summed E-state index contributed by atoms with van der Waals surface area (Å²) < 4.78 is 5.32. The fourth-order valence-corrected chi connectivity index (χ4v) is 1.32. The second-order valence-corrected chi connectivity index (χ2v) is 3.11. The van der Waals surface area contributed by atoms with E-state index in [2.05, 4.69) is 0 Å². The van der Waals surface area contributed by atoms with Crippen molar-refractivity contribution in [2.75, 3.05) is 13.2 Å². The fraction of sp³-hybridized carbons (Fsp3) is 0.400. The molecule has 0 radical (unpaired) electrons. The number of ether oxygens (including phenoxy) is 1. The summed E-state index contributed by atoms with van der Waals surface area (Å²) in [6.07, 6.45) is 0.876. The number of halogens is 1. The summed E-state index contributed by atoms with van der Waals surface area (Å²) >= 11 is 5.82. The van der Waals surface area contributed by atoms with E-state index in [4.69, 9.17) is 21.4 Å². The van der Waals surface area contributed by atoms with Crippen molar-refractivity contribution in [3.05, 3.63) is 28.8 Å². The van der Waals surface area contributed by atoms with E-state index in [-0.39, 0.29) is 6.61 Å². The van der Waals surface area contributed by atoms with Crippen molar-refractivity contribution in [1.29, 1.82) is 0 Å². The number of aryl methyl sites for hydroxylation is 1. The molecular formula is C10H13ClO2. The standard InChI is InChI=1S/C10H13ClO2/c1-2-8-7-9(11)3-4-10(8)13-6-5-12/h3-4,7,12H,2,5-6H2,1H3. The zero-order chi connectivity index (χ0) is 9.68. The molecule has 1 aromatic rings. The third kappa shape index (κ3) is 2.90. The van der Waals surface area contributed by atoms with E-state index in [9.17, 15) is 0 Å². The lowest BCUT2D eigenvalue weighted by Crippen LogP contribution is -2.03. The molecule has 13 heavy (non-hydrogen) atoms. The van der Waals surface area contributed by atoms with Crippen LogP contribution in [0.15, 0.2) is 18.2 Å². The molecule has 0 atom stereocenters. The quantitative estimate of drug-likeness (QED) is 0.808. The van der Waals surface area contributed by atoms with Gasteiger partial charge in [-0.1, -0.05) is 18.5 Å². The van der Waals surface area contributed by atoms with E-state index in [1.807, 2.05) is 19.1 Å². The number of rotatable bonds is 4. The topological polar surface area (TPSA) is 29.5 Å². The first-order valence-electron chi connectivity index (χ1n) is 4.30. The van der Waals surface area contributed by atoms with Crippen LogP contribution in [0.3, 0.4) is 0 Å². The molecule has 0 amide bonds. The molecule has 1 rings (SSSR count). The molecule has 0 aromatic heterocycles. The zero-order valence-corrected chi connectivity index (χ0v) is 8.34. The van der Waals surface area contributed by atoms with Crippen molar-refractivity contribution in [2.45, 2.75) is 13.3 Å². The first-order chi connectivity index (χ1) is 6.27. The molecule has 0 spiro atoms. The lowest BCUT2D eigenvalue weighted by molar-refractivity contribution is 0.200. The van der Waals surface area contributed by atoms with Crippen molar-refractivity contribution < 1.29 is 9.84 Å². The van der Waals surface area contributed by atoms with Gasteiger partial charge in [-0.3, -0.25) is 0 Å². The minimum atomic E-state index is 0.0335. The Labute approximate surface area is 83.1 Å². The molecule has 0 aliphatic heterocycles. The molecule has 1 aromatic carbocycles. The molecule has 3 heteroatoms. The minimum Gasteiger partial charge on any atom is -0.491 e. The normalized spacial score (nSPS) is 10.1. The smallest absolute Gasteiger partial charge is 0.122 e. The van der Waals surface area contributed by atoms with Crippen LogP contribution < -0.4 is 4.74 Å². The monoisotopic (exact) mass is 200 g/mol. The van der Waals surface area contributed by atoms with Crippen LogP contribution in [0, 0.1) is 0 Å². The van der Waals surface area contributed by atoms with Gasteiger partial charge in [-0.05, 0) is 30.2 Å². The Balaban J connectivity index is 2.79. The Bertz CT molecular complexity index is 274. The van der Waals surface area contributed by atoms with Gasteiger partial charge in [-0.25, -0.2) is 0 Å². The lowest BCUT2D eigenvalue weighted by atomic mass is 10.1. The second-order valence-electron chi connectivity index (χ2n) is 2.68. The van der Waals surface area contributed by atoms with Crippen LogP contribution in [-0.2, 0) is 6.42 Å². The first-order valence-corrected chi connectivity index (χ1v) is 4.67. The summed E-state index contributed by atoms with van der Waals surface area (Å²) in [5, 5.41) is 9.31. The van der Waals surface area contributed by atoms with Gasteiger partial charge in [0.1, 0.15) is 12.4 Å². The van der Waals surface area contributed by atoms with E-state index in [0.717, 1.165) is 17.7 Å². The molecule has 0 saturated heterocycles. The number of aliphatic hydroxyl groups is 1. The molecule has 0 unspecified atom stereocenters. The molecule has 0 bridgehead atoms. The third-order valence-corrected chi connectivity index (χ3v) is 1.99. The Hall–Kier alpha value is -0.730. The maximum absolute atomic E-state index is 8.59. The average Bonchev–Trinajstić information content (AvgIpc) is 2.16. The highest BCUT2D eigenvalue weighted by Gasteiger charge is 2.01. The van der Waals surface area contributed by atoms with Crippen molar-refractivity contribution >= 4 is 11.6 Å². The van der Waals surface area contributed by atoms with Gasteiger partial charge in [0.05, 0.1) is 6.61 Å². The van der Waals surface area contributed by atoms with Gasteiger partial charge < -0.3 is 9.84 Å². The maximum atomic E-state index is 8.59. The summed E-state index contributed by atoms with van der Waals surface area (Å²) in [4.78, 5) is 0. The third-order valence-electron chi connectivity index (χ3n) is 1.75. The zero-order valence-electron chi connectivity index (χ0n) is 7.59. The van der Waals surface area contributed by atoms with E-state index >= 15 is 0 Å². The van der Waals surface area contributed by atoms with E-state index < -0.39 is 0 Å². The van der Waals surface area contributed by atoms with Crippen LogP contribution in [0.25, 0.3) is 0 Å². The highest BCUT2D eigenvalue weighted by atomic mass is 35.5. The minimum absolute atomic E-state index is 0.0335. The van der Waals surface area contributed by atoms with E-state index in [1.54, 1.807) is 6.07 Å². The first kappa shape index (κ1) is 10.4. The van der Waals surface area contributed by atoms with Gasteiger partial charge in [0, 0.05) is 5.02 Å². The van der Waals surface area contributed by atoms with Gasteiger partial charge in [0.15, 0.2) is 0 Å². The maximum Gasteiger partial charge on any atom is 0.122 e. The van der Waals surface area contributed by atoms with Crippen LogP contribution in [-0.4, -0.2) is 18.3 Å². The highest BCUT2D eigenvalue weighted by molar-refractivity contribution is 6.30. The van der Waals surface area contributed by atoms with Gasteiger partial charge >= 0.3 is 0 Å². The van der Waals surface area contributed by atoms with Crippen LogP contribution in [0.5, 0.6) is 5.75 Å². The second kappa shape index (κ2) is 5.10. The molecule has 0 aliphatic rings. The van der Waals surface area contributed by atoms with Crippen molar-refractivity contribution in [2.24, 2.45) is 0 Å². The summed E-state index contributed by atoms with van der Waals surface area (Å²) in [5.41, 5.74) is 1.07. The van der Waals surface area contributed by atoms with Crippen LogP contribution in [0.4, 0.5) is 0 Å². The highest BCUT2D eigenvalue weighted by Crippen LogP contribution is 2.23. The predicted octanol–water partition coefficient (Wildman–Crippen LogP) is 2.27. The molecular weight excluding hydrogens is 188 g/mol. The SMILES string of the molecule is CCc1cc(Cl)ccc1OCCO. The van der Waals surface area contributed by atoms with Crippen LogP contribution in [0.1, 0.15) is 12.5 Å². The molecule has 0 heterocycles. The van der Waals surface area contributed by atoms with Crippen LogP contribution in [0.2, 0.25) is 5.02 Å². The summed E-state index contributed by atoms with van der Waals surface area (Å²) in [6, 6.07) is 5.50. The Morgan fingerprint density at radius 1 is 1.46 bits per heavy atom. The average molecular weight is 201 g/mol. The molecule has 2 nitrogen and oxygen atoms in total. The Morgan fingerprint density at radius 3 is 2.85 bits per heavy atom. The number of aliphatic hydroxyl groups excluding tert-OH is 1. The largest absolute Gasteiger partial charge is 0.491 e. The Morgan fingerprint density at radius 2 is 2.23 bits per heavy atom. The lowest BCUT2D eigenvalue weighted by Gasteiger charge is -2.09. The summed E-state index contributed by atoms with van der Waals surface area (Å²) in [5.74, 6) is 0.806. The van der Waals surface area contributed by atoms with Gasteiger partial charge in [-0.2, -0.15) is 0 Å². The van der Waals surface area contributed by atoms with Gasteiger partial charge in [0.2, 0.25) is 0 Å². The summed E-state index contributed by atoms with van der Waals surface area (Å²) in [7, 11) is 0. The van der Waals surface area contributed by atoms with Gasteiger partial charge in [0.25, 0.3) is 0 Å². The molecule has 0 fully saturated rings. The number of hydrogen-bond donors (Lipinski definition) is 1. The van der Waals surface area contributed by atoms with Crippen molar-refractivity contribution in [3.63, 3.8) is 0 Å². The molecule has 1 N–H and O–H groups in total. The van der Waals surface area contributed by atoms with Crippen molar-refractivity contribution in [3.8, 4) is 5.75 Å². The molecule has 72 valence electrons. The predicted molar refractivity (Wildman–Crippen MR) is 53.4 cm³/mol. The van der Waals surface area contributed by atoms with Crippen molar-refractivity contribution in [1.82, 2.24) is 0 Å².